The van der Waals surface area contributed by atoms with Crippen molar-refractivity contribution in [1.29, 1.82) is 0 Å². The topological polar surface area (TPSA) is 43.8 Å². The molecule has 1 aromatic heterocycles. The van der Waals surface area contributed by atoms with Crippen LogP contribution in [0.3, 0.4) is 0 Å². The highest BCUT2D eigenvalue weighted by Gasteiger charge is 2.22. The lowest BCUT2D eigenvalue weighted by molar-refractivity contribution is 0.788. The number of benzene rings is 1. The zero-order valence-corrected chi connectivity index (χ0v) is 12.0. The molecule has 1 aromatic carbocycles. The molecule has 0 bridgehead atoms. The summed E-state index contributed by atoms with van der Waals surface area (Å²) in [5, 5.41) is 5.12. The molecule has 17 heavy (non-hydrogen) atoms. The van der Waals surface area contributed by atoms with Crippen LogP contribution in [0.25, 0.3) is 5.69 Å². The molecule has 0 unspecified atom stereocenters. The molecule has 1 aliphatic carbocycles. The highest BCUT2D eigenvalue weighted by molar-refractivity contribution is 14.1. The van der Waals surface area contributed by atoms with Crippen LogP contribution in [0.15, 0.2) is 18.2 Å². The number of hydrogen-bond donors (Lipinski definition) is 1. The van der Waals surface area contributed by atoms with Gasteiger partial charge in [0.1, 0.15) is 5.82 Å². The fraction of sp³-hybridized carbons (Fsp3) is 0.250. The fourth-order valence-electron chi connectivity index (χ4n) is 2.32. The molecule has 1 heterocycles. The predicted octanol–water partition coefficient (Wildman–Crippen LogP) is 3.20. The fourth-order valence-corrected chi connectivity index (χ4v) is 3.25. The molecule has 3 rings (SSSR count). The smallest absolute Gasteiger partial charge is 0.149 e. The summed E-state index contributed by atoms with van der Waals surface area (Å²) in [5.41, 5.74) is 9.26. The van der Waals surface area contributed by atoms with Crippen LogP contribution in [0, 0.1) is 3.57 Å². The van der Waals surface area contributed by atoms with Gasteiger partial charge in [0.05, 0.1) is 10.7 Å². The molecular weight excluding hydrogens is 349 g/mol. The summed E-state index contributed by atoms with van der Waals surface area (Å²) >= 11 is 8.51. The summed E-state index contributed by atoms with van der Waals surface area (Å²) in [4.78, 5) is 0. The minimum Gasteiger partial charge on any atom is -0.382 e. The van der Waals surface area contributed by atoms with Gasteiger partial charge < -0.3 is 5.73 Å². The first-order chi connectivity index (χ1) is 8.16. The van der Waals surface area contributed by atoms with Gasteiger partial charge in [0.15, 0.2) is 0 Å². The maximum Gasteiger partial charge on any atom is 0.149 e. The van der Waals surface area contributed by atoms with E-state index in [0.717, 1.165) is 28.5 Å². The number of nitrogens with two attached hydrogens (primary N) is 1. The van der Waals surface area contributed by atoms with E-state index < -0.39 is 0 Å². The van der Waals surface area contributed by atoms with E-state index in [4.69, 9.17) is 17.3 Å². The summed E-state index contributed by atoms with van der Waals surface area (Å²) in [7, 11) is 0. The van der Waals surface area contributed by atoms with Crippen LogP contribution < -0.4 is 5.73 Å². The second kappa shape index (κ2) is 4.17. The lowest BCUT2D eigenvalue weighted by Crippen LogP contribution is -2.02. The number of nitrogen functional groups attached to an aromatic ring is 1. The number of halogens is 2. The molecule has 5 heteroatoms. The van der Waals surface area contributed by atoms with E-state index in [1.807, 2.05) is 22.9 Å². The molecule has 0 aliphatic heterocycles. The van der Waals surface area contributed by atoms with Crippen molar-refractivity contribution >= 4 is 40.0 Å². The third-order valence-electron chi connectivity index (χ3n) is 3.10. The average Bonchev–Trinajstić information content (AvgIpc) is 2.84. The van der Waals surface area contributed by atoms with Gasteiger partial charge in [-0.3, -0.25) is 0 Å². The van der Waals surface area contributed by atoms with Crippen LogP contribution in [0.2, 0.25) is 5.02 Å². The highest BCUT2D eigenvalue weighted by Crippen LogP contribution is 2.31. The van der Waals surface area contributed by atoms with Gasteiger partial charge in [-0.15, -0.1) is 0 Å². The van der Waals surface area contributed by atoms with Crippen molar-refractivity contribution in [3.8, 4) is 5.69 Å². The summed E-state index contributed by atoms with van der Waals surface area (Å²) in [6.45, 7) is 0. The zero-order chi connectivity index (χ0) is 12.0. The van der Waals surface area contributed by atoms with Crippen molar-refractivity contribution in [3.05, 3.63) is 38.0 Å². The van der Waals surface area contributed by atoms with E-state index >= 15 is 0 Å². The van der Waals surface area contributed by atoms with E-state index in [2.05, 4.69) is 27.7 Å². The number of anilines is 1. The Bertz CT molecular complexity index is 592. The molecule has 0 radical (unpaired) electrons. The Balaban J connectivity index is 2.19. The Hall–Kier alpha value is -0.750. The molecule has 0 fully saturated rings. The van der Waals surface area contributed by atoms with Crippen LogP contribution in [-0.2, 0) is 12.8 Å². The Morgan fingerprint density at radius 2 is 2.18 bits per heavy atom. The van der Waals surface area contributed by atoms with Crippen molar-refractivity contribution in [2.75, 3.05) is 5.73 Å². The monoisotopic (exact) mass is 359 g/mol. The molecule has 3 nitrogen and oxygen atoms in total. The highest BCUT2D eigenvalue weighted by atomic mass is 127. The molecule has 88 valence electrons. The van der Waals surface area contributed by atoms with Gasteiger partial charge in [-0.05, 0) is 60.1 Å². The molecule has 0 atom stereocenters. The first kappa shape index (κ1) is 11.3. The third-order valence-corrected chi connectivity index (χ3v) is 4.07. The molecule has 0 spiro atoms. The van der Waals surface area contributed by atoms with Crippen molar-refractivity contribution < 1.29 is 0 Å². The maximum absolute atomic E-state index is 6.27. The van der Waals surface area contributed by atoms with E-state index in [1.165, 1.54) is 11.3 Å². The molecule has 2 N–H and O–H groups in total. The number of rotatable bonds is 1. The van der Waals surface area contributed by atoms with E-state index in [0.29, 0.717) is 10.8 Å². The molecule has 0 amide bonds. The molecule has 1 aliphatic rings. The SMILES string of the molecule is Nc1nn(-c2ccc(I)cc2Cl)c2c1CCC2. The predicted molar refractivity (Wildman–Crippen MR) is 77.7 cm³/mol. The first-order valence-electron chi connectivity index (χ1n) is 5.48. The van der Waals surface area contributed by atoms with Crippen LogP contribution in [0.4, 0.5) is 5.82 Å². The first-order valence-corrected chi connectivity index (χ1v) is 6.94. The van der Waals surface area contributed by atoms with Crippen LogP contribution in [0.5, 0.6) is 0 Å². The standard InChI is InChI=1S/C12H11ClIN3/c13-9-6-7(14)4-5-11(9)17-10-3-1-2-8(10)12(15)16-17/h4-6H,1-3H2,(H2,15,16). The Labute approximate surface area is 118 Å². The summed E-state index contributed by atoms with van der Waals surface area (Å²) < 4.78 is 3.02. The lowest BCUT2D eigenvalue weighted by atomic mass is 10.2. The maximum atomic E-state index is 6.27. The molecule has 0 saturated heterocycles. The number of nitrogens with zero attached hydrogens (tertiary/aromatic N) is 2. The van der Waals surface area contributed by atoms with Crippen molar-refractivity contribution in [2.24, 2.45) is 0 Å². The van der Waals surface area contributed by atoms with Gasteiger partial charge >= 0.3 is 0 Å². The van der Waals surface area contributed by atoms with Crippen LogP contribution >= 0.6 is 34.2 Å². The Morgan fingerprint density at radius 3 is 2.94 bits per heavy atom. The normalized spacial score (nSPS) is 14.0. The van der Waals surface area contributed by atoms with Gasteiger partial charge in [-0.25, -0.2) is 4.68 Å². The van der Waals surface area contributed by atoms with Gasteiger partial charge in [-0.1, -0.05) is 11.6 Å². The summed E-state index contributed by atoms with van der Waals surface area (Å²) in [6.07, 6.45) is 3.21. The second-order valence-corrected chi connectivity index (χ2v) is 5.82. The number of hydrogen-bond acceptors (Lipinski definition) is 2. The summed E-state index contributed by atoms with van der Waals surface area (Å²) in [6, 6.07) is 5.97. The third kappa shape index (κ3) is 1.83. The van der Waals surface area contributed by atoms with E-state index in [9.17, 15) is 0 Å². The van der Waals surface area contributed by atoms with Crippen LogP contribution in [0.1, 0.15) is 17.7 Å². The van der Waals surface area contributed by atoms with Crippen molar-refractivity contribution in [2.45, 2.75) is 19.3 Å². The van der Waals surface area contributed by atoms with E-state index in [-0.39, 0.29) is 0 Å². The average molecular weight is 360 g/mol. The quantitative estimate of drug-likeness (QED) is 0.795. The lowest BCUT2D eigenvalue weighted by Gasteiger charge is -2.07. The van der Waals surface area contributed by atoms with Gasteiger partial charge in [0, 0.05) is 14.8 Å². The largest absolute Gasteiger partial charge is 0.382 e. The second-order valence-electron chi connectivity index (χ2n) is 4.17. The molecule has 2 aromatic rings. The Kier molecular flexibility index (Phi) is 2.78. The summed E-state index contributed by atoms with van der Waals surface area (Å²) in [5.74, 6) is 0.645. The Morgan fingerprint density at radius 1 is 1.35 bits per heavy atom. The van der Waals surface area contributed by atoms with Gasteiger partial charge in [0.25, 0.3) is 0 Å². The van der Waals surface area contributed by atoms with Gasteiger partial charge in [-0.2, -0.15) is 5.10 Å². The number of fused-ring (bicyclic) bond motifs is 1. The van der Waals surface area contributed by atoms with Crippen molar-refractivity contribution in [3.63, 3.8) is 0 Å². The molecule has 0 saturated carbocycles. The van der Waals surface area contributed by atoms with Gasteiger partial charge in [0.2, 0.25) is 0 Å². The minimum atomic E-state index is 0.645. The number of aromatic nitrogens is 2. The van der Waals surface area contributed by atoms with Crippen molar-refractivity contribution in [1.82, 2.24) is 9.78 Å². The minimum absolute atomic E-state index is 0.645. The van der Waals surface area contributed by atoms with E-state index in [1.54, 1.807) is 0 Å². The molecular formula is C12H11ClIN3. The zero-order valence-electron chi connectivity index (χ0n) is 9.08. The van der Waals surface area contributed by atoms with Crippen LogP contribution in [-0.4, -0.2) is 9.78 Å².